The van der Waals surface area contributed by atoms with Crippen molar-refractivity contribution in [3.8, 4) is 11.5 Å². The summed E-state index contributed by atoms with van der Waals surface area (Å²) in [4.78, 5) is 18.9. The van der Waals surface area contributed by atoms with E-state index < -0.39 is 27.8 Å². The first kappa shape index (κ1) is 29.5. The van der Waals surface area contributed by atoms with Crippen molar-refractivity contribution >= 4 is 33.4 Å². The van der Waals surface area contributed by atoms with Crippen LogP contribution in [0.15, 0.2) is 65.7 Å². The van der Waals surface area contributed by atoms with Crippen LogP contribution in [0.25, 0.3) is 0 Å². The molecule has 1 aliphatic rings. The average Bonchev–Trinajstić information content (AvgIpc) is 3.39. The molecule has 11 heteroatoms. The van der Waals surface area contributed by atoms with Crippen molar-refractivity contribution in [2.45, 2.75) is 50.2 Å². The molecule has 0 aliphatic carbocycles. The second-order valence-corrected chi connectivity index (χ2v) is 12.7. The van der Waals surface area contributed by atoms with Gasteiger partial charge in [-0.3, -0.25) is 9.29 Å². The van der Waals surface area contributed by atoms with Crippen molar-refractivity contribution in [3.63, 3.8) is 0 Å². The maximum Gasteiger partial charge on any atom is 0.410 e. The monoisotopic (exact) mass is 587 g/mol. The summed E-state index contributed by atoms with van der Waals surface area (Å²) in [5.41, 5.74) is 1.23. The fraction of sp³-hybridized carbons (Fsp3) is 0.379. The molecule has 4 rings (SSSR count). The Hall–Kier alpha value is -3.50. The van der Waals surface area contributed by atoms with Crippen LogP contribution in [0.3, 0.4) is 0 Å². The molecular weight excluding hydrogens is 554 g/mol. The minimum absolute atomic E-state index is 0.0274. The number of aromatic nitrogens is 1. The van der Waals surface area contributed by atoms with Crippen molar-refractivity contribution in [3.05, 3.63) is 77.1 Å². The van der Waals surface area contributed by atoms with Gasteiger partial charge < -0.3 is 19.1 Å². The maximum atomic E-state index is 14.4. The zero-order valence-electron chi connectivity index (χ0n) is 23.3. The Balaban J connectivity index is 1.81. The predicted octanol–water partition coefficient (Wildman–Crippen LogP) is 5.55. The number of hydrogen-bond acceptors (Lipinski definition) is 7. The Labute approximate surface area is 240 Å². The number of carbonyl (C=O) groups excluding carboxylic acids is 1. The molecule has 9 nitrogen and oxygen atoms in total. The van der Waals surface area contributed by atoms with Gasteiger partial charge in [-0.25, -0.2) is 13.2 Å². The molecule has 0 spiro atoms. The molecule has 1 saturated heterocycles. The first-order chi connectivity index (χ1) is 18.9. The Morgan fingerprint density at radius 1 is 1.07 bits per heavy atom. The van der Waals surface area contributed by atoms with Crippen LogP contribution in [0.1, 0.15) is 38.4 Å². The number of pyridine rings is 1. The van der Waals surface area contributed by atoms with Crippen LogP contribution in [0, 0.1) is 0 Å². The molecule has 2 heterocycles. The van der Waals surface area contributed by atoms with Crippen molar-refractivity contribution in [1.29, 1.82) is 0 Å². The Morgan fingerprint density at radius 3 is 2.48 bits per heavy atom. The van der Waals surface area contributed by atoms with E-state index in [1.54, 1.807) is 56.1 Å². The molecule has 1 atom stereocenters. The normalized spacial score (nSPS) is 15.6. The minimum atomic E-state index is -4.15. The van der Waals surface area contributed by atoms with E-state index in [-0.39, 0.29) is 17.2 Å². The fourth-order valence-corrected chi connectivity index (χ4v) is 6.57. The standard InChI is InChI=1S/C29H34ClN3O6S/c1-29(2,3)39-28(34)32-15-13-23(19-32)33(40(35,36)24-10-12-26(37-4)27(18-24)38-5)25-11-9-21(30)16-20(25)17-22-8-6-7-14-31-22/h6-12,14,16,18,23H,13,15,17,19H2,1-5H3/t23-/m1/s1. The molecule has 2 aromatic carbocycles. The Morgan fingerprint density at radius 2 is 1.82 bits per heavy atom. The highest BCUT2D eigenvalue weighted by molar-refractivity contribution is 7.92. The van der Waals surface area contributed by atoms with Crippen LogP contribution in [0.2, 0.25) is 5.02 Å². The highest BCUT2D eigenvalue weighted by Crippen LogP contribution is 2.37. The van der Waals surface area contributed by atoms with Gasteiger partial charge in [0, 0.05) is 42.5 Å². The highest BCUT2D eigenvalue weighted by atomic mass is 35.5. The second-order valence-electron chi connectivity index (χ2n) is 10.5. The zero-order valence-corrected chi connectivity index (χ0v) is 24.8. The number of benzene rings is 2. The number of methoxy groups -OCH3 is 2. The third kappa shape index (κ3) is 6.62. The average molecular weight is 588 g/mol. The van der Waals surface area contributed by atoms with Crippen LogP contribution < -0.4 is 13.8 Å². The van der Waals surface area contributed by atoms with Gasteiger partial charge in [-0.2, -0.15) is 0 Å². The number of hydrogen-bond donors (Lipinski definition) is 0. The smallest absolute Gasteiger partial charge is 0.410 e. The van der Waals surface area contributed by atoms with Crippen LogP contribution in [0.5, 0.6) is 11.5 Å². The molecule has 214 valence electrons. The van der Waals surface area contributed by atoms with Gasteiger partial charge in [0.05, 0.1) is 30.8 Å². The van der Waals surface area contributed by atoms with Gasteiger partial charge in [-0.05, 0) is 75.2 Å². The number of sulfonamides is 1. The van der Waals surface area contributed by atoms with Crippen LogP contribution in [-0.4, -0.2) is 63.3 Å². The summed E-state index contributed by atoms with van der Waals surface area (Å²) < 4.78 is 46.5. The Bertz CT molecular complexity index is 1460. The molecule has 0 radical (unpaired) electrons. The lowest BCUT2D eigenvalue weighted by Crippen LogP contribution is -2.44. The zero-order chi connectivity index (χ0) is 29.1. The van der Waals surface area contributed by atoms with Gasteiger partial charge in [0.15, 0.2) is 11.5 Å². The van der Waals surface area contributed by atoms with Crippen molar-refractivity contribution in [2.75, 3.05) is 31.6 Å². The molecule has 0 bridgehead atoms. The molecule has 40 heavy (non-hydrogen) atoms. The molecule has 1 aromatic heterocycles. The topological polar surface area (TPSA) is 98.3 Å². The van der Waals surface area contributed by atoms with Crippen LogP contribution in [-0.2, 0) is 21.2 Å². The quantitative estimate of drug-likeness (QED) is 0.341. The number of ether oxygens (including phenoxy) is 3. The van der Waals surface area contributed by atoms with Gasteiger partial charge >= 0.3 is 6.09 Å². The van der Waals surface area contributed by atoms with Gasteiger partial charge in [0.25, 0.3) is 10.0 Å². The molecule has 1 fully saturated rings. The SMILES string of the molecule is COc1ccc(S(=O)(=O)N(c2ccc(Cl)cc2Cc2ccccn2)[C@@H]2CCN(C(=O)OC(C)(C)C)C2)cc1OC. The first-order valence-electron chi connectivity index (χ1n) is 12.9. The Kier molecular flexibility index (Phi) is 8.80. The van der Waals surface area contributed by atoms with E-state index in [1.807, 2.05) is 18.2 Å². The lowest BCUT2D eigenvalue weighted by molar-refractivity contribution is 0.0293. The van der Waals surface area contributed by atoms with Gasteiger partial charge in [-0.15, -0.1) is 0 Å². The van der Waals surface area contributed by atoms with E-state index in [0.29, 0.717) is 41.4 Å². The molecule has 1 aliphatic heterocycles. The number of nitrogens with zero attached hydrogens (tertiary/aromatic N) is 3. The maximum absolute atomic E-state index is 14.4. The lowest BCUT2D eigenvalue weighted by Gasteiger charge is -2.32. The summed E-state index contributed by atoms with van der Waals surface area (Å²) in [7, 11) is -1.22. The summed E-state index contributed by atoms with van der Waals surface area (Å²) in [5, 5.41) is 0.472. The summed E-state index contributed by atoms with van der Waals surface area (Å²) in [6, 6.07) is 14.6. The number of rotatable bonds is 8. The highest BCUT2D eigenvalue weighted by Gasteiger charge is 2.40. The second kappa shape index (κ2) is 11.9. The van der Waals surface area contributed by atoms with Crippen molar-refractivity contribution in [1.82, 2.24) is 9.88 Å². The van der Waals surface area contributed by atoms with Crippen molar-refractivity contribution in [2.24, 2.45) is 0 Å². The molecule has 0 N–H and O–H groups in total. The number of likely N-dealkylation sites (tertiary alicyclic amines) is 1. The molecule has 0 unspecified atom stereocenters. The summed E-state index contributed by atoms with van der Waals surface area (Å²) >= 11 is 6.39. The summed E-state index contributed by atoms with van der Waals surface area (Å²) in [5.74, 6) is 0.697. The van der Waals surface area contributed by atoms with E-state index in [1.165, 1.54) is 30.7 Å². The summed E-state index contributed by atoms with van der Waals surface area (Å²) in [6.07, 6.45) is 1.98. The minimum Gasteiger partial charge on any atom is -0.493 e. The molecule has 1 amide bonds. The molecular formula is C29H34ClN3O6S. The van der Waals surface area contributed by atoms with Gasteiger partial charge in [-0.1, -0.05) is 17.7 Å². The largest absolute Gasteiger partial charge is 0.493 e. The summed E-state index contributed by atoms with van der Waals surface area (Å²) in [6.45, 7) is 5.89. The predicted molar refractivity (Wildman–Crippen MR) is 154 cm³/mol. The van der Waals surface area contributed by atoms with E-state index >= 15 is 0 Å². The van der Waals surface area contributed by atoms with E-state index in [9.17, 15) is 13.2 Å². The number of anilines is 1. The van der Waals surface area contributed by atoms with Gasteiger partial charge in [0.2, 0.25) is 0 Å². The molecule has 0 saturated carbocycles. The number of halogens is 1. The number of carbonyl (C=O) groups is 1. The van der Waals surface area contributed by atoms with E-state index in [4.69, 9.17) is 25.8 Å². The fourth-order valence-electron chi connectivity index (χ4n) is 4.65. The molecule has 3 aromatic rings. The first-order valence-corrected chi connectivity index (χ1v) is 14.7. The third-order valence-corrected chi connectivity index (χ3v) is 8.53. The number of amides is 1. The lowest BCUT2D eigenvalue weighted by atomic mass is 10.1. The van der Waals surface area contributed by atoms with Crippen LogP contribution in [0.4, 0.5) is 10.5 Å². The van der Waals surface area contributed by atoms with Gasteiger partial charge in [0.1, 0.15) is 5.60 Å². The third-order valence-electron chi connectivity index (χ3n) is 6.44. The van der Waals surface area contributed by atoms with Crippen LogP contribution >= 0.6 is 11.6 Å². The van der Waals surface area contributed by atoms with E-state index in [0.717, 1.165) is 5.69 Å². The van der Waals surface area contributed by atoms with E-state index in [2.05, 4.69) is 4.98 Å². The van der Waals surface area contributed by atoms with Crippen molar-refractivity contribution < 1.29 is 27.4 Å².